The van der Waals surface area contributed by atoms with E-state index in [2.05, 4.69) is 37.3 Å². The molecule has 23 heavy (non-hydrogen) atoms. The van der Waals surface area contributed by atoms with E-state index in [-0.39, 0.29) is 5.54 Å². The van der Waals surface area contributed by atoms with Crippen LogP contribution in [0.25, 0.3) is 0 Å². The van der Waals surface area contributed by atoms with Crippen molar-refractivity contribution in [3.63, 3.8) is 0 Å². The highest BCUT2D eigenvalue weighted by atomic mass is 32.2. The lowest BCUT2D eigenvalue weighted by Crippen LogP contribution is -2.55. The molecule has 0 saturated carbocycles. The minimum Gasteiger partial charge on any atom is -0.379 e. The average Bonchev–Trinajstić information content (AvgIpc) is 2.54. The molecule has 0 radical (unpaired) electrons. The minimum atomic E-state index is -3.48. The summed E-state index contributed by atoms with van der Waals surface area (Å²) in [5.74, 6) is 0.389. The van der Waals surface area contributed by atoms with Gasteiger partial charge >= 0.3 is 0 Å². The molecule has 5 nitrogen and oxygen atoms in total. The third kappa shape index (κ3) is 4.76. The summed E-state index contributed by atoms with van der Waals surface area (Å²) in [6, 6.07) is 7.12. The monoisotopic (exact) mass is 340 g/mol. The third-order valence-electron chi connectivity index (χ3n) is 4.42. The van der Waals surface area contributed by atoms with E-state index in [4.69, 9.17) is 4.74 Å². The smallest absolute Gasteiger partial charge is 0.240 e. The number of benzene rings is 1. The van der Waals surface area contributed by atoms with Gasteiger partial charge in [0.25, 0.3) is 0 Å². The van der Waals surface area contributed by atoms with Crippen molar-refractivity contribution in [1.29, 1.82) is 0 Å². The Labute approximate surface area is 140 Å². The van der Waals surface area contributed by atoms with Crippen molar-refractivity contribution in [2.24, 2.45) is 0 Å². The topological polar surface area (TPSA) is 58.6 Å². The van der Waals surface area contributed by atoms with Gasteiger partial charge in [-0.05, 0) is 37.5 Å². The largest absolute Gasteiger partial charge is 0.379 e. The first kappa shape index (κ1) is 18.4. The second-order valence-corrected chi connectivity index (χ2v) is 8.73. The zero-order valence-electron chi connectivity index (χ0n) is 14.5. The lowest BCUT2D eigenvalue weighted by molar-refractivity contribution is -0.00803. The maximum absolute atomic E-state index is 12.5. The van der Waals surface area contributed by atoms with Crippen molar-refractivity contribution < 1.29 is 13.2 Å². The molecule has 130 valence electrons. The van der Waals surface area contributed by atoms with Gasteiger partial charge in [-0.2, -0.15) is 0 Å². The molecule has 0 unspecified atom stereocenters. The first-order valence-corrected chi connectivity index (χ1v) is 9.63. The summed E-state index contributed by atoms with van der Waals surface area (Å²) < 4.78 is 33.1. The maximum Gasteiger partial charge on any atom is 0.240 e. The van der Waals surface area contributed by atoms with Crippen molar-refractivity contribution >= 4 is 10.0 Å². The summed E-state index contributed by atoms with van der Waals surface area (Å²) in [6.07, 6.45) is 0. The highest BCUT2D eigenvalue weighted by Crippen LogP contribution is 2.19. The van der Waals surface area contributed by atoms with Gasteiger partial charge in [-0.1, -0.05) is 26.0 Å². The molecule has 1 heterocycles. The first-order chi connectivity index (χ1) is 10.7. The SMILES string of the molecule is CC(C)c1ccc(S(=O)(=O)NCC(C)(C)N2CCOCC2)cc1. The summed E-state index contributed by atoms with van der Waals surface area (Å²) in [5, 5.41) is 0. The predicted octanol–water partition coefficient (Wildman–Crippen LogP) is 2.20. The van der Waals surface area contributed by atoms with Crippen molar-refractivity contribution in [2.45, 2.75) is 44.0 Å². The van der Waals surface area contributed by atoms with Crippen LogP contribution in [0.5, 0.6) is 0 Å². The molecule has 0 spiro atoms. The molecule has 0 aromatic heterocycles. The first-order valence-electron chi connectivity index (χ1n) is 8.15. The van der Waals surface area contributed by atoms with Crippen LogP contribution in [-0.2, 0) is 14.8 Å². The Morgan fingerprint density at radius 3 is 2.26 bits per heavy atom. The van der Waals surface area contributed by atoms with E-state index in [9.17, 15) is 8.42 Å². The predicted molar refractivity (Wildman–Crippen MR) is 92.2 cm³/mol. The van der Waals surface area contributed by atoms with Crippen LogP contribution in [0, 0.1) is 0 Å². The minimum absolute atomic E-state index is 0.241. The molecule has 0 bridgehead atoms. The highest BCUT2D eigenvalue weighted by molar-refractivity contribution is 7.89. The van der Waals surface area contributed by atoms with E-state index in [1.165, 1.54) is 0 Å². The molecule has 1 aliphatic heterocycles. The Morgan fingerprint density at radius 2 is 1.74 bits per heavy atom. The molecule has 0 atom stereocenters. The highest BCUT2D eigenvalue weighted by Gasteiger charge is 2.29. The Bertz CT molecular complexity index is 603. The summed E-state index contributed by atoms with van der Waals surface area (Å²) in [4.78, 5) is 2.58. The number of hydrogen-bond acceptors (Lipinski definition) is 4. The van der Waals surface area contributed by atoms with Crippen LogP contribution in [0.15, 0.2) is 29.2 Å². The molecule has 1 saturated heterocycles. The molecule has 0 aliphatic carbocycles. The Morgan fingerprint density at radius 1 is 1.17 bits per heavy atom. The molecular weight excluding hydrogens is 312 g/mol. The van der Waals surface area contributed by atoms with E-state index < -0.39 is 10.0 Å². The summed E-state index contributed by atoms with van der Waals surface area (Å²) >= 11 is 0. The number of nitrogens with one attached hydrogen (secondary N) is 1. The van der Waals surface area contributed by atoms with Crippen LogP contribution in [-0.4, -0.2) is 51.7 Å². The summed E-state index contributed by atoms with van der Waals surface area (Å²) in [5.41, 5.74) is 0.895. The van der Waals surface area contributed by atoms with E-state index >= 15 is 0 Å². The molecule has 0 amide bonds. The Kier molecular flexibility index (Phi) is 5.84. The zero-order valence-corrected chi connectivity index (χ0v) is 15.3. The van der Waals surface area contributed by atoms with Crippen molar-refractivity contribution in [1.82, 2.24) is 9.62 Å². The third-order valence-corrected chi connectivity index (χ3v) is 5.84. The van der Waals surface area contributed by atoms with Gasteiger partial charge in [-0.25, -0.2) is 13.1 Å². The Balaban J connectivity index is 2.02. The van der Waals surface area contributed by atoms with Crippen molar-refractivity contribution in [3.05, 3.63) is 29.8 Å². The fourth-order valence-electron chi connectivity index (χ4n) is 2.67. The molecular formula is C17H28N2O3S. The van der Waals surface area contributed by atoms with E-state index in [0.717, 1.165) is 18.7 Å². The average molecular weight is 340 g/mol. The van der Waals surface area contributed by atoms with Gasteiger partial charge in [0.1, 0.15) is 0 Å². The van der Waals surface area contributed by atoms with Gasteiger partial charge in [0.15, 0.2) is 0 Å². The molecule has 1 aliphatic rings. The van der Waals surface area contributed by atoms with Gasteiger partial charge in [-0.3, -0.25) is 4.90 Å². The maximum atomic E-state index is 12.5. The van der Waals surface area contributed by atoms with Crippen LogP contribution < -0.4 is 4.72 Å². The molecule has 1 aromatic carbocycles. The normalized spacial score (nSPS) is 17.6. The van der Waals surface area contributed by atoms with Crippen LogP contribution in [0.2, 0.25) is 0 Å². The van der Waals surface area contributed by atoms with Crippen molar-refractivity contribution in [2.75, 3.05) is 32.8 Å². The van der Waals surface area contributed by atoms with E-state index in [0.29, 0.717) is 30.6 Å². The van der Waals surface area contributed by atoms with Gasteiger partial charge in [0.2, 0.25) is 10.0 Å². The van der Waals surface area contributed by atoms with Crippen LogP contribution >= 0.6 is 0 Å². The summed E-state index contributed by atoms with van der Waals surface area (Å²) in [7, 11) is -3.48. The van der Waals surface area contributed by atoms with Crippen LogP contribution in [0.1, 0.15) is 39.2 Å². The van der Waals surface area contributed by atoms with E-state index in [1.807, 2.05) is 12.1 Å². The van der Waals surface area contributed by atoms with Crippen LogP contribution in [0.4, 0.5) is 0 Å². The standard InChI is InChI=1S/C17H28N2O3S/c1-14(2)15-5-7-16(8-6-15)23(20,21)18-13-17(3,4)19-9-11-22-12-10-19/h5-8,14,18H,9-13H2,1-4H3. The zero-order chi connectivity index (χ0) is 17.1. The number of nitrogens with zero attached hydrogens (tertiary/aromatic N) is 1. The molecule has 6 heteroatoms. The lowest BCUT2D eigenvalue weighted by atomic mass is 10.0. The molecule has 2 rings (SSSR count). The fourth-order valence-corrected chi connectivity index (χ4v) is 3.87. The number of sulfonamides is 1. The molecule has 1 fully saturated rings. The van der Waals surface area contributed by atoms with Crippen LogP contribution in [0.3, 0.4) is 0 Å². The van der Waals surface area contributed by atoms with Gasteiger partial charge in [0, 0.05) is 25.2 Å². The Hall–Kier alpha value is -0.950. The number of rotatable bonds is 6. The summed E-state index contributed by atoms with van der Waals surface area (Å²) in [6.45, 7) is 11.7. The van der Waals surface area contributed by atoms with Gasteiger partial charge in [-0.15, -0.1) is 0 Å². The quantitative estimate of drug-likeness (QED) is 0.862. The van der Waals surface area contributed by atoms with Gasteiger partial charge < -0.3 is 4.74 Å². The van der Waals surface area contributed by atoms with Gasteiger partial charge in [0.05, 0.1) is 18.1 Å². The molecule has 1 aromatic rings. The van der Waals surface area contributed by atoms with E-state index in [1.54, 1.807) is 12.1 Å². The van der Waals surface area contributed by atoms with Crippen molar-refractivity contribution in [3.8, 4) is 0 Å². The second-order valence-electron chi connectivity index (χ2n) is 6.96. The number of hydrogen-bond donors (Lipinski definition) is 1. The second kappa shape index (κ2) is 7.30. The number of morpholine rings is 1. The number of ether oxygens (including phenoxy) is 1. The fraction of sp³-hybridized carbons (Fsp3) is 0.647. The lowest BCUT2D eigenvalue weighted by Gasteiger charge is -2.40. The molecule has 1 N–H and O–H groups in total.